The van der Waals surface area contributed by atoms with Gasteiger partial charge in [-0.3, -0.25) is 41.2 Å². The molecule has 5 aromatic rings. The van der Waals surface area contributed by atoms with Crippen LogP contribution in [0.15, 0.2) is 51.7 Å². The zero-order valence-corrected chi connectivity index (χ0v) is 43.3. The van der Waals surface area contributed by atoms with Gasteiger partial charge in [-0.05, 0) is 27.7 Å². The number of fused-ring (bicyclic) bond motifs is 2. The largest absolute Gasteiger partial charge is 1.00 e. The van der Waals surface area contributed by atoms with E-state index in [-0.39, 0.29) is 140 Å². The van der Waals surface area contributed by atoms with Gasteiger partial charge in [0.2, 0.25) is 0 Å². The van der Waals surface area contributed by atoms with Crippen LogP contribution >= 0.6 is 0 Å². The van der Waals surface area contributed by atoms with E-state index in [1.54, 1.807) is 46.2 Å². The number of esters is 2. The number of methoxy groups -OCH3 is 2. The fraction of sp³-hybridized carbons (Fsp3) is 0.441. The van der Waals surface area contributed by atoms with Crippen molar-refractivity contribution in [3.05, 3.63) is 88.6 Å². The smallest absolute Gasteiger partial charge is 1.00 e. The second-order valence-electron chi connectivity index (χ2n) is 12.3. The molecule has 0 aromatic carbocycles. The minimum absolute atomic E-state index is 0. The first kappa shape index (κ1) is 57.4. The quantitative estimate of drug-likeness (QED) is 0.0313. The first-order chi connectivity index (χ1) is 29.1. The normalized spacial score (nSPS) is 12.0. The van der Waals surface area contributed by atoms with Gasteiger partial charge in [0.1, 0.15) is 34.8 Å². The van der Waals surface area contributed by atoms with Crippen molar-refractivity contribution in [2.45, 2.75) is 59.4 Å². The molecule has 0 unspecified atom stereocenters. The number of alkyl halides is 1. The predicted molar refractivity (Wildman–Crippen MR) is 207 cm³/mol. The van der Waals surface area contributed by atoms with E-state index in [1.807, 2.05) is 0 Å². The minimum atomic E-state index is -3.58. The molecule has 0 N–H and O–H groups in total. The van der Waals surface area contributed by atoms with Crippen LogP contribution in [0.3, 0.4) is 0 Å². The summed E-state index contributed by atoms with van der Waals surface area (Å²) < 4.78 is 65.7. The summed E-state index contributed by atoms with van der Waals surface area (Å²) in [6.07, 6.45) is 3.23. The van der Waals surface area contributed by atoms with E-state index < -0.39 is 58.3 Å². The van der Waals surface area contributed by atoms with Crippen LogP contribution in [0, 0.1) is 13.8 Å². The van der Waals surface area contributed by atoms with E-state index in [2.05, 4.69) is 34.1 Å². The molecule has 2 atom stereocenters. The molecule has 0 fully saturated rings. The van der Waals surface area contributed by atoms with E-state index in [0.717, 1.165) is 22.5 Å². The third kappa shape index (κ3) is 16.1. The molecule has 0 saturated carbocycles. The maximum absolute atomic E-state index is 12.9. The Kier molecular flexibility index (Phi) is 25.2. The Bertz CT molecular complexity index is 2750. The number of carbonyl (C=O) groups is 3. The van der Waals surface area contributed by atoms with Crippen molar-refractivity contribution in [1.29, 1.82) is 0 Å². The van der Waals surface area contributed by atoms with Gasteiger partial charge in [-0.1, -0.05) is 10.3 Å². The maximum atomic E-state index is 12.9. The fourth-order valence-electron chi connectivity index (χ4n) is 5.31. The molecular weight excluding hydrogens is 920 g/mol. The first-order valence-corrected chi connectivity index (χ1v) is 18.9. The molecule has 0 radical (unpaired) electrons. The molecule has 0 saturated heterocycles. The Morgan fingerprint density at radius 2 is 1.43 bits per heavy atom. The third-order valence-corrected chi connectivity index (χ3v) is 8.66. The number of nitrogens with zero attached hydrogens (tertiary/aromatic N) is 9. The molecule has 1 aliphatic rings. The topological polar surface area (TPSA) is 316 Å². The van der Waals surface area contributed by atoms with Gasteiger partial charge >= 0.3 is 126 Å². The molecule has 6 rings (SSSR count). The summed E-state index contributed by atoms with van der Waals surface area (Å²) in [6.45, 7) is 6.24. The van der Waals surface area contributed by atoms with Crippen molar-refractivity contribution in [1.82, 2.24) is 38.1 Å². The zero-order valence-electron chi connectivity index (χ0n) is 38.2. The molecule has 25 nitrogen and oxygen atoms in total. The van der Waals surface area contributed by atoms with Crippen molar-refractivity contribution in [3.8, 4) is 0 Å². The van der Waals surface area contributed by atoms with Gasteiger partial charge in [0.25, 0.3) is 27.7 Å². The van der Waals surface area contributed by atoms with Gasteiger partial charge in [-0.15, -0.1) is 0 Å². The molecule has 0 bridgehead atoms. The summed E-state index contributed by atoms with van der Waals surface area (Å²) >= 11 is 0. The van der Waals surface area contributed by atoms with E-state index in [0.29, 0.717) is 40.7 Å². The van der Waals surface area contributed by atoms with E-state index in [1.165, 1.54) is 41.1 Å². The summed E-state index contributed by atoms with van der Waals surface area (Å²) in [5, 5.41) is 16.0. The number of halogens is 1. The van der Waals surface area contributed by atoms with Crippen molar-refractivity contribution in [2.75, 3.05) is 27.6 Å². The van der Waals surface area contributed by atoms with Gasteiger partial charge in [0.05, 0.1) is 54.0 Å². The van der Waals surface area contributed by atoms with Crippen molar-refractivity contribution < 1.29 is 166 Å². The molecule has 0 spiro atoms. The van der Waals surface area contributed by atoms with Crippen LogP contribution in [0.5, 0.6) is 0 Å². The number of imidazole rings is 1. The summed E-state index contributed by atoms with van der Waals surface area (Å²) in [5.41, 5.74) is 0.0698. The fourth-order valence-corrected chi connectivity index (χ4v) is 5.91. The minimum Gasteiger partial charge on any atom is -1.00 e. The van der Waals surface area contributed by atoms with E-state index in [4.69, 9.17) is 25.2 Å². The number of carbonyl (C=O) groups excluding carboxylic acids is 3. The van der Waals surface area contributed by atoms with Gasteiger partial charge in [0, 0.05) is 38.9 Å². The summed E-state index contributed by atoms with van der Waals surface area (Å²) in [6, 6.07) is 2.59. The zero-order chi connectivity index (χ0) is 47.1. The monoisotopic (exact) mass is 964 g/mol. The molecular formula is C34H44FK2N9O16S. The average Bonchev–Trinajstić information content (AvgIpc) is 4.07. The number of aliphatic imine (C=N–C) groups is 1. The maximum Gasteiger partial charge on any atom is 1.00 e. The van der Waals surface area contributed by atoms with Gasteiger partial charge in [0.15, 0.2) is 17.3 Å². The number of aryl methyl sites for hydroxylation is 3. The van der Waals surface area contributed by atoms with Crippen LogP contribution in [-0.2, 0) is 76.7 Å². The third-order valence-electron chi connectivity index (χ3n) is 8.02. The van der Waals surface area contributed by atoms with Crippen LogP contribution < -0.4 is 131 Å². The van der Waals surface area contributed by atoms with Crippen LogP contribution in [0.25, 0.3) is 11.2 Å². The summed E-state index contributed by atoms with van der Waals surface area (Å²) in [7, 11) is 0.954. The number of rotatable bonds is 10. The number of hydrogen-bond donors (Lipinski definition) is 0. The first-order valence-electron chi connectivity index (χ1n) is 17.8. The summed E-state index contributed by atoms with van der Waals surface area (Å²) in [5.74, 6) is 0.430. The Balaban J connectivity index is 0. The second-order valence-corrected chi connectivity index (χ2v) is 13.9. The van der Waals surface area contributed by atoms with Crippen LogP contribution in [0.2, 0.25) is 0 Å². The Labute approximate surface area is 444 Å². The predicted octanol–water partition coefficient (Wildman–Crippen LogP) is -7.21. The average molecular weight is 965 g/mol. The molecule has 1 aliphatic heterocycles. The van der Waals surface area contributed by atoms with Gasteiger partial charge < -0.3 is 34.7 Å². The molecule has 5 aromatic heterocycles. The second kappa shape index (κ2) is 27.7. The Morgan fingerprint density at radius 3 is 1.86 bits per heavy atom. The van der Waals surface area contributed by atoms with E-state index >= 15 is 0 Å². The SMILES string of the molecule is COC(=O)[C@@H](C)OS(C)(=O)=O.COC(=O)[C@H](C)n1cnc2c1c(=O)n(Cc1cc(C)on1)c(=O)n2C.Cc1cc(Cn2c(=O)c3c(n(C)c2=O)N=CC3)no1.O=CO[O-].[2H]CF.[H-].[K+].[K+]. The van der Waals surface area contributed by atoms with Gasteiger partial charge in [-0.2, -0.15) is 8.42 Å². The number of hydrogen-bond acceptors (Lipinski definition) is 20. The van der Waals surface area contributed by atoms with Crippen molar-refractivity contribution in [2.24, 2.45) is 19.1 Å². The molecule has 336 valence electrons. The van der Waals surface area contributed by atoms with Crippen molar-refractivity contribution >= 4 is 51.7 Å². The van der Waals surface area contributed by atoms with Crippen LogP contribution in [0.1, 0.15) is 51.2 Å². The summed E-state index contributed by atoms with van der Waals surface area (Å²) in [4.78, 5) is 91.6. The van der Waals surface area contributed by atoms with Gasteiger partial charge in [-0.25, -0.2) is 29.2 Å². The number of ether oxygens (including phenoxy) is 2. The van der Waals surface area contributed by atoms with Crippen molar-refractivity contribution in [3.63, 3.8) is 0 Å². The molecule has 0 aliphatic carbocycles. The standard InChI is InChI=1S/C15H17N5O5.C12H12N4O3.C5H10O5S.CH3F.CH2O3.2K.H/c1-8-5-10(17-25-8)6-19-13(21)11-12(18(3)15(19)23)16-7-20(11)9(2)14(22)24-4;1-7-5-8(14-19-7)6-16-11(17)9-3-4-13-10(9)15(2)12(16)18;1-4(5(6)9-2)10-11(3,7)8;1-2;2-1-4-3;;;/h5,7,9H,6H2,1-4H3;4-5H,3,6H2,1-2H3;4H,1-3H3;1H3;1,3H;;;/q;;;;;2*+1;-1/p-1/t9-;;4-;;;;;/m0.1...../s1/i;;;1D;;;;. The molecule has 6 heterocycles. The molecule has 0 amide bonds. The Hall–Kier alpha value is -3.60. The molecule has 29 heteroatoms. The van der Waals surface area contributed by atoms with E-state index in [9.17, 15) is 41.6 Å². The van der Waals surface area contributed by atoms with Crippen LogP contribution in [-0.4, -0.2) is 105 Å². The number of aromatic nitrogens is 8. The Morgan fingerprint density at radius 1 is 0.952 bits per heavy atom. The van der Waals surface area contributed by atoms with Crippen LogP contribution in [0.4, 0.5) is 10.2 Å². The molecule has 63 heavy (non-hydrogen) atoms.